The van der Waals surface area contributed by atoms with Crippen molar-refractivity contribution in [3.63, 3.8) is 0 Å². The van der Waals surface area contributed by atoms with Crippen molar-refractivity contribution in [3.05, 3.63) is 54.4 Å². The van der Waals surface area contributed by atoms with Crippen LogP contribution < -0.4 is 15.6 Å². The van der Waals surface area contributed by atoms with Crippen molar-refractivity contribution in [1.29, 1.82) is 0 Å². The molecule has 41 heavy (non-hydrogen) atoms. The number of imidazole rings is 1. The van der Waals surface area contributed by atoms with Crippen molar-refractivity contribution in [1.82, 2.24) is 24.6 Å². The zero-order chi connectivity index (χ0) is 30.3. The molecule has 2 aromatic heterocycles. The predicted molar refractivity (Wildman–Crippen MR) is 152 cm³/mol. The lowest BCUT2D eigenvalue weighted by Gasteiger charge is -2.23. The molecule has 0 aliphatic heterocycles. The lowest BCUT2D eigenvalue weighted by molar-refractivity contribution is -0.144. The van der Waals surface area contributed by atoms with Gasteiger partial charge in [0.05, 0.1) is 39.9 Å². The zero-order valence-electron chi connectivity index (χ0n) is 23.6. The maximum absolute atomic E-state index is 13.5. The second-order valence-corrected chi connectivity index (χ2v) is 10.6. The number of fused-ring (bicyclic) bond motifs is 1. The summed E-state index contributed by atoms with van der Waals surface area (Å²) in [5, 5.41) is 10.8. The van der Waals surface area contributed by atoms with Crippen LogP contribution in [0.1, 0.15) is 26.3 Å². The molecule has 1 aromatic carbocycles. The fourth-order valence-corrected chi connectivity index (χ4v) is 4.93. The Labute approximate surface area is 238 Å². The molecular formula is C26H37N6O8P. The minimum absolute atomic E-state index is 0.0333. The summed E-state index contributed by atoms with van der Waals surface area (Å²) < 4.78 is 36.8. The number of ketones is 1. The van der Waals surface area contributed by atoms with E-state index in [4.69, 9.17) is 29.6 Å². The number of esters is 1. The van der Waals surface area contributed by atoms with Crippen LogP contribution >= 0.6 is 7.52 Å². The molecule has 0 fully saturated rings. The minimum Gasteiger partial charge on any atom is -0.479 e. The van der Waals surface area contributed by atoms with Gasteiger partial charge in [-0.1, -0.05) is 36.4 Å². The van der Waals surface area contributed by atoms with Gasteiger partial charge in [-0.3, -0.25) is 14.2 Å². The predicted octanol–water partition coefficient (Wildman–Crippen LogP) is 2.47. The smallest absolute Gasteiger partial charge is 0.323 e. The maximum Gasteiger partial charge on any atom is 0.323 e. The molecule has 0 aliphatic carbocycles. The van der Waals surface area contributed by atoms with Crippen molar-refractivity contribution >= 4 is 36.4 Å². The van der Waals surface area contributed by atoms with Gasteiger partial charge >= 0.3 is 5.97 Å². The number of carbonyl (C=O) groups is 2. The largest absolute Gasteiger partial charge is 0.479 e. The normalized spacial score (nSPS) is 13.3. The third-order valence-electron chi connectivity index (χ3n) is 5.15. The third-order valence-corrected chi connectivity index (χ3v) is 7.00. The standard InChI is InChI=1S/C21H29N6O6P.C5H8O2/c1-4-32-20(28)15(2)26-34(29,33-12-16-8-6-5-7-9-16)14-31-11-10-27-13-23-17-18(27)24-21(22)25-19(17)30-3;1-5(7)3-2-4-6/h5-9,13,15H,4,10-12,14H2,1-3H3,(H,26,29)(H2,22,24,25);2-3,6H,4H2,1H3/b;3-2+. The lowest BCUT2D eigenvalue weighted by Crippen LogP contribution is -2.34. The summed E-state index contributed by atoms with van der Waals surface area (Å²) in [7, 11) is -2.08. The number of allylic oxidation sites excluding steroid dienone is 1. The first kappa shape index (κ1) is 33.5. The van der Waals surface area contributed by atoms with E-state index in [2.05, 4.69) is 20.0 Å². The van der Waals surface area contributed by atoms with Gasteiger partial charge in [0.25, 0.3) is 7.52 Å². The molecule has 2 unspecified atom stereocenters. The Kier molecular flexibility index (Phi) is 14.1. The van der Waals surface area contributed by atoms with Gasteiger partial charge < -0.3 is 34.1 Å². The molecule has 0 bridgehead atoms. The average molecular weight is 593 g/mol. The van der Waals surface area contributed by atoms with Crippen molar-refractivity contribution in [3.8, 4) is 5.88 Å². The number of aliphatic hydroxyl groups excluding tert-OH is 1. The number of benzene rings is 1. The van der Waals surface area contributed by atoms with Gasteiger partial charge in [0.1, 0.15) is 12.4 Å². The van der Waals surface area contributed by atoms with E-state index < -0.39 is 19.5 Å². The monoisotopic (exact) mass is 592 g/mol. The molecule has 0 spiro atoms. The van der Waals surface area contributed by atoms with E-state index >= 15 is 0 Å². The second kappa shape index (κ2) is 17.2. The number of hydrogen-bond acceptors (Lipinski definition) is 12. The molecule has 2 atom stereocenters. The molecule has 2 heterocycles. The van der Waals surface area contributed by atoms with Crippen molar-refractivity contribution < 1.29 is 38.0 Å². The fourth-order valence-electron chi connectivity index (χ4n) is 3.29. The lowest BCUT2D eigenvalue weighted by atomic mass is 10.2. The van der Waals surface area contributed by atoms with Crippen molar-refractivity contribution in [2.24, 2.45) is 0 Å². The van der Waals surface area contributed by atoms with Crippen LogP contribution in [-0.4, -0.2) is 75.7 Å². The number of nitrogens with two attached hydrogens (primary N) is 1. The highest BCUT2D eigenvalue weighted by atomic mass is 31.2. The van der Waals surface area contributed by atoms with Gasteiger partial charge in [0.2, 0.25) is 11.8 Å². The number of rotatable bonds is 15. The van der Waals surface area contributed by atoms with Crippen LogP contribution in [0, 0.1) is 0 Å². The number of aliphatic hydroxyl groups is 1. The molecule has 3 rings (SSSR count). The first-order chi connectivity index (χ1) is 19.6. The third kappa shape index (κ3) is 11.4. The summed E-state index contributed by atoms with van der Waals surface area (Å²) in [6.07, 6.45) is 4.05. The van der Waals surface area contributed by atoms with E-state index in [0.717, 1.165) is 5.56 Å². The van der Waals surface area contributed by atoms with E-state index in [1.165, 1.54) is 26.2 Å². The number of hydrogen-bond donors (Lipinski definition) is 3. The van der Waals surface area contributed by atoms with E-state index in [-0.39, 0.29) is 50.4 Å². The second-order valence-electron chi connectivity index (χ2n) is 8.47. The summed E-state index contributed by atoms with van der Waals surface area (Å²) in [6, 6.07) is 8.46. The average Bonchev–Trinajstić information content (AvgIpc) is 3.36. The van der Waals surface area contributed by atoms with Crippen LogP contribution in [0.4, 0.5) is 5.95 Å². The molecule has 4 N–H and O–H groups in total. The molecule has 0 saturated carbocycles. The number of nitrogen functional groups attached to an aromatic ring is 1. The molecular weight excluding hydrogens is 555 g/mol. The van der Waals surface area contributed by atoms with E-state index in [9.17, 15) is 14.2 Å². The van der Waals surface area contributed by atoms with Gasteiger partial charge in [-0.05, 0) is 32.4 Å². The Morgan fingerprint density at radius 2 is 1.98 bits per heavy atom. The summed E-state index contributed by atoms with van der Waals surface area (Å²) in [4.78, 5) is 34.5. The summed E-state index contributed by atoms with van der Waals surface area (Å²) >= 11 is 0. The highest BCUT2D eigenvalue weighted by molar-refractivity contribution is 7.56. The zero-order valence-corrected chi connectivity index (χ0v) is 24.5. The first-order valence-electron chi connectivity index (χ1n) is 12.7. The van der Waals surface area contributed by atoms with Gasteiger partial charge in [-0.15, -0.1) is 0 Å². The van der Waals surface area contributed by atoms with E-state index in [1.54, 1.807) is 24.7 Å². The number of nitrogens with zero attached hydrogens (tertiary/aromatic N) is 4. The van der Waals surface area contributed by atoms with Gasteiger partial charge in [0, 0.05) is 6.54 Å². The fraction of sp³-hybridized carbons (Fsp3) is 0.423. The van der Waals surface area contributed by atoms with Crippen molar-refractivity contribution in [2.45, 2.75) is 40.0 Å². The molecule has 0 saturated heterocycles. The van der Waals surface area contributed by atoms with Crippen LogP contribution in [0.25, 0.3) is 11.2 Å². The van der Waals surface area contributed by atoms with E-state index in [0.29, 0.717) is 17.7 Å². The first-order valence-corrected chi connectivity index (χ1v) is 14.5. The molecule has 0 aliphatic rings. The molecule has 0 amide bonds. The van der Waals surface area contributed by atoms with Crippen LogP contribution in [0.5, 0.6) is 5.88 Å². The number of nitrogens with one attached hydrogen (secondary N) is 1. The Morgan fingerprint density at radius 1 is 1.24 bits per heavy atom. The van der Waals surface area contributed by atoms with Crippen LogP contribution in [0.2, 0.25) is 0 Å². The molecule has 224 valence electrons. The van der Waals surface area contributed by atoms with Crippen LogP contribution in [-0.2, 0) is 41.3 Å². The van der Waals surface area contributed by atoms with E-state index in [1.807, 2.05) is 30.3 Å². The molecule has 15 heteroatoms. The highest BCUT2D eigenvalue weighted by Gasteiger charge is 2.29. The summed E-state index contributed by atoms with van der Waals surface area (Å²) in [6.45, 7) is 5.47. The Bertz CT molecular complexity index is 1330. The molecule has 3 aromatic rings. The van der Waals surface area contributed by atoms with Crippen LogP contribution in [0.3, 0.4) is 0 Å². The quantitative estimate of drug-likeness (QED) is 0.101. The Balaban J connectivity index is 0.000000745. The minimum atomic E-state index is -3.56. The number of anilines is 1. The summed E-state index contributed by atoms with van der Waals surface area (Å²) in [5.41, 5.74) is 7.54. The van der Waals surface area contributed by atoms with Crippen LogP contribution in [0.15, 0.2) is 48.8 Å². The maximum atomic E-state index is 13.5. The van der Waals surface area contributed by atoms with Crippen molar-refractivity contribution in [2.75, 3.05) is 39.0 Å². The number of ether oxygens (including phenoxy) is 3. The van der Waals surface area contributed by atoms with Gasteiger partial charge in [0.15, 0.2) is 16.9 Å². The number of carbonyl (C=O) groups excluding carboxylic acids is 2. The number of aromatic nitrogens is 4. The Morgan fingerprint density at radius 3 is 2.59 bits per heavy atom. The topological polar surface area (TPSA) is 190 Å². The summed E-state index contributed by atoms with van der Waals surface area (Å²) in [5.74, 6) is -0.225. The SMILES string of the molecule is CC(=O)/C=C/CO.CCOC(=O)C(C)NP(=O)(COCCn1cnc2c(OC)nc(N)nc21)OCc1ccccc1. The Hall–Kier alpha value is -3.68. The van der Waals surface area contributed by atoms with Gasteiger partial charge in [-0.2, -0.15) is 9.97 Å². The highest BCUT2D eigenvalue weighted by Crippen LogP contribution is 2.44. The number of methoxy groups -OCH3 is 1. The molecule has 14 nitrogen and oxygen atoms in total. The van der Waals surface area contributed by atoms with Gasteiger partial charge in [-0.25, -0.2) is 10.1 Å². The molecule has 0 radical (unpaired) electrons.